The highest BCUT2D eigenvalue weighted by atomic mass is 33.1. The highest BCUT2D eigenvalue weighted by molar-refractivity contribution is 8.76. The van der Waals surface area contributed by atoms with E-state index in [1.807, 2.05) is 45.9 Å². The quantitative estimate of drug-likeness (QED) is 0.0507. The van der Waals surface area contributed by atoms with Crippen molar-refractivity contribution in [1.29, 1.82) is 0 Å². The predicted molar refractivity (Wildman–Crippen MR) is 204 cm³/mol. The number of ether oxygens (including phenoxy) is 11. The molecule has 0 bridgehead atoms. The Bertz CT molecular complexity index is 1010. The number of esters is 2. The number of carbonyl (C=O) groups excluding carboxylic acids is 2. The van der Waals surface area contributed by atoms with Crippen LogP contribution in [0.2, 0.25) is 0 Å². The van der Waals surface area contributed by atoms with Gasteiger partial charge in [0.2, 0.25) is 0 Å². The number of nitrogens with zero attached hydrogens (tertiary/aromatic N) is 1. The third kappa shape index (κ3) is 27.6. The van der Waals surface area contributed by atoms with Crippen molar-refractivity contribution in [3.63, 3.8) is 0 Å². The number of hydrogen-bond acceptors (Lipinski definition) is 16. The number of rotatable bonds is 38. The summed E-state index contributed by atoms with van der Waals surface area (Å²) in [5, 5.41) is 0.916. The number of methoxy groups -OCH3 is 1. The van der Waals surface area contributed by atoms with E-state index in [4.69, 9.17) is 52.1 Å². The molecule has 308 valence electrons. The van der Waals surface area contributed by atoms with E-state index in [2.05, 4.69) is 4.98 Å². The third-order valence-electron chi connectivity index (χ3n) is 7.81. The molecule has 0 spiro atoms. The second-order valence-corrected chi connectivity index (χ2v) is 15.0. The Balaban J connectivity index is 1.92. The van der Waals surface area contributed by atoms with Gasteiger partial charge in [0.15, 0.2) is 0 Å². The molecule has 0 radical (unpaired) electrons. The minimum Gasteiger partial charge on any atom is -0.464 e. The summed E-state index contributed by atoms with van der Waals surface area (Å²) in [6.45, 7) is 16.2. The van der Waals surface area contributed by atoms with Crippen LogP contribution in [0.3, 0.4) is 0 Å². The average Bonchev–Trinajstić information content (AvgIpc) is 3.16. The zero-order valence-electron chi connectivity index (χ0n) is 32.6. The van der Waals surface area contributed by atoms with Crippen LogP contribution in [-0.2, 0) is 61.7 Å². The molecule has 53 heavy (non-hydrogen) atoms. The summed E-state index contributed by atoms with van der Waals surface area (Å²) in [4.78, 5) is 29.9. The maximum atomic E-state index is 12.9. The maximum absolute atomic E-state index is 12.9. The van der Waals surface area contributed by atoms with Gasteiger partial charge in [0.05, 0.1) is 123 Å². The van der Waals surface area contributed by atoms with Crippen molar-refractivity contribution in [1.82, 2.24) is 4.98 Å². The van der Waals surface area contributed by atoms with E-state index in [9.17, 15) is 9.59 Å². The average molecular weight is 796 g/mol. The van der Waals surface area contributed by atoms with Crippen molar-refractivity contribution in [3.05, 3.63) is 24.4 Å². The minimum atomic E-state index is -0.720. The summed E-state index contributed by atoms with van der Waals surface area (Å²) in [5.74, 6) is 0.0953. The molecule has 0 saturated heterocycles. The smallest absolute Gasteiger partial charge is 0.311 e. The van der Waals surface area contributed by atoms with E-state index in [-0.39, 0.29) is 25.2 Å². The van der Waals surface area contributed by atoms with E-state index in [0.29, 0.717) is 137 Å². The fraction of sp³-hybridized carbons (Fsp3) is 0.811. The van der Waals surface area contributed by atoms with Crippen LogP contribution in [0.1, 0.15) is 47.0 Å². The van der Waals surface area contributed by atoms with Crippen molar-refractivity contribution in [2.24, 2.45) is 10.8 Å². The maximum Gasteiger partial charge on any atom is 0.311 e. The van der Waals surface area contributed by atoms with Gasteiger partial charge < -0.3 is 52.1 Å². The van der Waals surface area contributed by atoms with Crippen LogP contribution in [0.5, 0.6) is 0 Å². The lowest BCUT2D eigenvalue weighted by Crippen LogP contribution is -2.34. The molecule has 0 fully saturated rings. The van der Waals surface area contributed by atoms with Gasteiger partial charge in [-0.25, -0.2) is 4.98 Å². The fourth-order valence-corrected chi connectivity index (χ4v) is 5.83. The molecule has 0 aliphatic rings. The van der Waals surface area contributed by atoms with E-state index >= 15 is 0 Å². The number of carbonyl (C=O) groups is 2. The second-order valence-electron chi connectivity index (χ2n) is 12.5. The van der Waals surface area contributed by atoms with Gasteiger partial charge in [0.1, 0.15) is 18.2 Å². The van der Waals surface area contributed by atoms with Crippen LogP contribution >= 0.6 is 21.6 Å². The van der Waals surface area contributed by atoms with Crippen LogP contribution in [0.15, 0.2) is 29.4 Å². The third-order valence-corrected chi connectivity index (χ3v) is 10.0. The van der Waals surface area contributed by atoms with Gasteiger partial charge in [-0.2, -0.15) is 0 Å². The van der Waals surface area contributed by atoms with Gasteiger partial charge in [-0.3, -0.25) is 9.59 Å². The van der Waals surface area contributed by atoms with Gasteiger partial charge in [0, 0.05) is 19.1 Å². The lowest BCUT2D eigenvalue weighted by atomic mass is 9.76. The summed E-state index contributed by atoms with van der Waals surface area (Å²) >= 11 is 0. The first kappa shape index (κ1) is 49.4. The van der Waals surface area contributed by atoms with Gasteiger partial charge in [-0.1, -0.05) is 23.8 Å². The lowest BCUT2D eigenvalue weighted by molar-refractivity contribution is -0.160. The molecule has 1 unspecified atom stereocenters. The Labute approximate surface area is 325 Å². The van der Waals surface area contributed by atoms with Gasteiger partial charge in [-0.05, 0) is 63.0 Å². The monoisotopic (exact) mass is 795 g/mol. The molecule has 0 saturated carbocycles. The van der Waals surface area contributed by atoms with Crippen molar-refractivity contribution in [2.45, 2.75) is 52.0 Å². The standard InChI is InChI=1S/C37H65NO13S2/c1-6-37(4,11-10-36(2,3)34(39)51-31-32-52-53-33-9-7-8-12-38-33)35(40)50-30-29-49-28-27-48-26-25-47-24-23-46-22-21-45-20-19-44-18-17-43-16-15-42-14-13-41-5/h7-9,12H,6,10-11,13-32H2,1-5H3. The van der Waals surface area contributed by atoms with Crippen molar-refractivity contribution < 1.29 is 61.7 Å². The number of hydrogen-bond donors (Lipinski definition) is 0. The molecule has 0 amide bonds. The summed E-state index contributed by atoms with van der Waals surface area (Å²) in [7, 11) is 4.78. The highest BCUT2D eigenvalue weighted by Gasteiger charge is 2.38. The Morgan fingerprint density at radius 3 is 1.43 bits per heavy atom. The van der Waals surface area contributed by atoms with Gasteiger partial charge in [0.25, 0.3) is 0 Å². The van der Waals surface area contributed by atoms with E-state index in [1.165, 1.54) is 0 Å². The number of aromatic nitrogens is 1. The zero-order chi connectivity index (χ0) is 38.7. The Kier molecular flexibility index (Phi) is 31.5. The zero-order valence-corrected chi connectivity index (χ0v) is 34.3. The minimum absolute atomic E-state index is 0.151. The fourth-order valence-electron chi connectivity index (χ4n) is 4.13. The van der Waals surface area contributed by atoms with Crippen LogP contribution in [-0.4, -0.2) is 155 Å². The highest BCUT2D eigenvalue weighted by Crippen LogP contribution is 2.36. The largest absolute Gasteiger partial charge is 0.464 e. The Hall–Kier alpha value is -1.57. The van der Waals surface area contributed by atoms with Gasteiger partial charge >= 0.3 is 11.9 Å². The molecule has 0 N–H and O–H groups in total. The molecular formula is C37H65NO13S2. The number of pyridine rings is 1. The molecule has 0 aromatic carbocycles. The SMILES string of the molecule is CCC(C)(CCC(C)(C)C(=O)OCCSSc1ccccn1)C(=O)OCCOCCOCCOCCOCCOCCOCCOCCOCCOC. The van der Waals surface area contributed by atoms with Crippen molar-refractivity contribution in [3.8, 4) is 0 Å². The molecule has 1 aromatic heterocycles. The molecule has 1 heterocycles. The lowest BCUT2D eigenvalue weighted by Gasteiger charge is -2.30. The van der Waals surface area contributed by atoms with Crippen LogP contribution in [0.4, 0.5) is 0 Å². The van der Waals surface area contributed by atoms with Crippen LogP contribution in [0.25, 0.3) is 0 Å². The summed E-state index contributed by atoms with van der Waals surface area (Å²) in [6, 6.07) is 5.75. The predicted octanol–water partition coefficient (Wildman–Crippen LogP) is 4.91. The Morgan fingerprint density at radius 1 is 0.585 bits per heavy atom. The van der Waals surface area contributed by atoms with Crippen LogP contribution in [0, 0.1) is 10.8 Å². The molecule has 0 aliphatic heterocycles. The molecule has 1 atom stereocenters. The van der Waals surface area contributed by atoms with E-state index < -0.39 is 10.8 Å². The molecule has 14 nitrogen and oxygen atoms in total. The molecule has 1 rings (SSSR count). The topological polar surface area (TPSA) is 149 Å². The van der Waals surface area contributed by atoms with Crippen molar-refractivity contribution >= 4 is 33.5 Å². The molecular weight excluding hydrogens is 731 g/mol. The summed E-state index contributed by atoms with van der Waals surface area (Å²) < 4.78 is 59.6. The Morgan fingerprint density at radius 2 is 1.02 bits per heavy atom. The normalized spacial score (nSPS) is 12.8. The van der Waals surface area contributed by atoms with Gasteiger partial charge in [-0.15, -0.1) is 0 Å². The first-order chi connectivity index (χ1) is 25.7. The first-order valence-electron chi connectivity index (χ1n) is 18.4. The van der Waals surface area contributed by atoms with Crippen molar-refractivity contribution in [2.75, 3.05) is 138 Å². The summed E-state index contributed by atoms with van der Waals surface area (Å²) in [6.07, 6.45) is 3.35. The first-order valence-corrected chi connectivity index (χ1v) is 20.7. The van der Waals surface area contributed by atoms with Crippen LogP contribution < -0.4 is 0 Å². The molecule has 16 heteroatoms. The van der Waals surface area contributed by atoms with E-state index in [0.717, 1.165) is 5.03 Å². The van der Waals surface area contributed by atoms with E-state index in [1.54, 1.807) is 34.9 Å². The molecule has 0 aliphatic carbocycles. The summed E-state index contributed by atoms with van der Waals surface area (Å²) in [5.41, 5.74) is -1.43. The molecule has 1 aromatic rings. The second kappa shape index (κ2) is 33.7.